The minimum atomic E-state index is 0.622. The molecule has 0 atom stereocenters. The highest BCUT2D eigenvalue weighted by Crippen LogP contribution is 2.08. The predicted molar refractivity (Wildman–Crippen MR) is 52.1 cm³/mol. The Labute approximate surface area is 82.3 Å². The third kappa shape index (κ3) is 2.36. The van der Waals surface area contributed by atoms with E-state index in [0.29, 0.717) is 6.61 Å². The highest BCUT2D eigenvalue weighted by molar-refractivity contribution is 5.20. The van der Waals surface area contributed by atoms with Gasteiger partial charge in [-0.2, -0.15) is 0 Å². The maximum absolute atomic E-state index is 5.50. The van der Waals surface area contributed by atoms with E-state index in [2.05, 4.69) is 4.98 Å². The van der Waals surface area contributed by atoms with Gasteiger partial charge in [0.1, 0.15) is 12.0 Å². The van der Waals surface area contributed by atoms with E-state index in [1.807, 2.05) is 30.3 Å². The first-order valence-corrected chi connectivity index (χ1v) is 4.50. The molecule has 14 heavy (non-hydrogen) atoms. The van der Waals surface area contributed by atoms with Gasteiger partial charge < -0.3 is 9.15 Å². The van der Waals surface area contributed by atoms with Gasteiger partial charge in [0.15, 0.2) is 6.39 Å². The predicted octanol–water partition coefficient (Wildman–Crippen LogP) is 2.30. The van der Waals surface area contributed by atoms with Gasteiger partial charge in [-0.15, -0.1) is 0 Å². The van der Waals surface area contributed by atoms with Crippen LogP contribution < -0.4 is 4.74 Å². The highest BCUT2D eigenvalue weighted by atomic mass is 16.5. The standard InChI is InChI=1S/C11H11NO2/c1-2-4-11(5-3-1)14-7-6-10-8-13-9-12-10/h1-5,8-9H,6-7H2. The Kier molecular flexibility index (Phi) is 2.81. The van der Waals surface area contributed by atoms with Crippen molar-refractivity contribution >= 4 is 0 Å². The monoisotopic (exact) mass is 189 g/mol. The molecule has 1 aromatic carbocycles. The van der Waals surface area contributed by atoms with Gasteiger partial charge in [0.05, 0.1) is 12.3 Å². The molecule has 3 heteroatoms. The van der Waals surface area contributed by atoms with E-state index in [-0.39, 0.29) is 0 Å². The molecule has 2 rings (SSSR count). The van der Waals surface area contributed by atoms with Crippen LogP contribution in [0.3, 0.4) is 0 Å². The highest BCUT2D eigenvalue weighted by Gasteiger charge is 1.96. The Morgan fingerprint density at radius 3 is 2.79 bits per heavy atom. The Morgan fingerprint density at radius 1 is 1.21 bits per heavy atom. The van der Waals surface area contributed by atoms with Crippen molar-refractivity contribution in [1.82, 2.24) is 4.98 Å². The van der Waals surface area contributed by atoms with E-state index in [1.54, 1.807) is 6.26 Å². The van der Waals surface area contributed by atoms with Crippen molar-refractivity contribution in [3.05, 3.63) is 48.7 Å². The van der Waals surface area contributed by atoms with Gasteiger partial charge in [0.2, 0.25) is 0 Å². The Morgan fingerprint density at radius 2 is 2.07 bits per heavy atom. The van der Waals surface area contributed by atoms with Gasteiger partial charge in [-0.1, -0.05) is 18.2 Å². The van der Waals surface area contributed by atoms with E-state index in [1.165, 1.54) is 6.39 Å². The molecule has 72 valence electrons. The molecule has 3 nitrogen and oxygen atoms in total. The third-order valence-electron chi connectivity index (χ3n) is 1.85. The van der Waals surface area contributed by atoms with Gasteiger partial charge >= 0.3 is 0 Å². The summed E-state index contributed by atoms with van der Waals surface area (Å²) in [5.41, 5.74) is 0.918. The van der Waals surface area contributed by atoms with Crippen LogP contribution in [0.1, 0.15) is 5.69 Å². The number of aromatic nitrogens is 1. The molecule has 1 heterocycles. The van der Waals surface area contributed by atoms with Crippen LogP contribution >= 0.6 is 0 Å². The lowest BCUT2D eigenvalue weighted by atomic mass is 10.3. The zero-order valence-corrected chi connectivity index (χ0v) is 7.72. The third-order valence-corrected chi connectivity index (χ3v) is 1.85. The van der Waals surface area contributed by atoms with Crippen molar-refractivity contribution in [2.75, 3.05) is 6.61 Å². The van der Waals surface area contributed by atoms with Crippen LogP contribution in [0.2, 0.25) is 0 Å². The average molecular weight is 189 g/mol. The van der Waals surface area contributed by atoms with Crippen LogP contribution in [0.15, 0.2) is 47.4 Å². The van der Waals surface area contributed by atoms with Crippen molar-refractivity contribution in [3.8, 4) is 5.75 Å². The molecule has 0 saturated carbocycles. The maximum Gasteiger partial charge on any atom is 0.180 e. The topological polar surface area (TPSA) is 35.3 Å². The number of ether oxygens (including phenoxy) is 1. The van der Waals surface area contributed by atoms with E-state index in [0.717, 1.165) is 17.9 Å². The molecule has 0 fully saturated rings. The van der Waals surface area contributed by atoms with E-state index < -0.39 is 0 Å². The lowest BCUT2D eigenvalue weighted by Gasteiger charge is -2.03. The molecular formula is C11H11NO2. The van der Waals surface area contributed by atoms with E-state index in [9.17, 15) is 0 Å². The van der Waals surface area contributed by atoms with Crippen molar-refractivity contribution < 1.29 is 9.15 Å². The first-order chi connectivity index (χ1) is 6.95. The summed E-state index contributed by atoms with van der Waals surface area (Å²) in [7, 11) is 0. The number of benzene rings is 1. The first kappa shape index (κ1) is 8.81. The van der Waals surface area contributed by atoms with Crippen LogP contribution in [0.5, 0.6) is 5.75 Å². The van der Waals surface area contributed by atoms with Crippen LogP contribution in [-0.2, 0) is 6.42 Å². The lowest BCUT2D eigenvalue weighted by Crippen LogP contribution is -2.01. The van der Waals surface area contributed by atoms with Gasteiger partial charge in [0.25, 0.3) is 0 Å². The number of rotatable bonds is 4. The zero-order valence-electron chi connectivity index (χ0n) is 7.72. The molecular weight excluding hydrogens is 178 g/mol. The number of para-hydroxylation sites is 1. The van der Waals surface area contributed by atoms with Crippen molar-refractivity contribution in [1.29, 1.82) is 0 Å². The van der Waals surface area contributed by atoms with Crippen molar-refractivity contribution in [2.24, 2.45) is 0 Å². The molecule has 1 aromatic heterocycles. The quantitative estimate of drug-likeness (QED) is 0.740. The van der Waals surface area contributed by atoms with Gasteiger partial charge in [-0.25, -0.2) is 4.98 Å². The van der Waals surface area contributed by atoms with E-state index >= 15 is 0 Å². The molecule has 0 radical (unpaired) electrons. The molecule has 0 N–H and O–H groups in total. The first-order valence-electron chi connectivity index (χ1n) is 4.50. The van der Waals surface area contributed by atoms with Gasteiger partial charge in [-0.05, 0) is 12.1 Å². The van der Waals surface area contributed by atoms with Crippen molar-refractivity contribution in [3.63, 3.8) is 0 Å². The molecule has 0 spiro atoms. The maximum atomic E-state index is 5.50. The van der Waals surface area contributed by atoms with Crippen LogP contribution in [-0.4, -0.2) is 11.6 Å². The summed E-state index contributed by atoms with van der Waals surface area (Å²) in [6.07, 6.45) is 3.83. The van der Waals surface area contributed by atoms with Crippen molar-refractivity contribution in [2.45, 2.75) is 6.42 Å². The second-order valence-electron chi connectivity index (χ2n) is 2.89. The number of hydrogen-bond acceptors (Lipinski definition) is 3. The Hall–Kier alpha value is -1.77. The van der Waals surface area contributed by atoms with Crippen LogP contribution in [0.25, 0.3) is 0 Å². The fraction of sp³-hybridized carbons (Fsp3) is 0.182. The second-order valence-corrected chi connectivity index (χ2v) is 2.89. The minimum Gasteiger partial charge on any atom is -0.493 e. The fourth-order valence-corrected chi connectivity index (χ4v) is 1.15. The molecule has 0 unspecified atom stereocenters. The van der Waals surface area contributed by atoms with Gasteiger partial charge in [0, 0.05) is 6.42 Å². The summed E-state index contributed by atoms with van der Waals surface area (Å²) < 4.78 is 10.3. The molecule has 0 aliphatic rings. The van der Waals surface area contributed by atoms with E-state index in [4.69, 9.17) is 9.15 Å². The molecule has 2 aromatic rings. The zero-order chi connectivity index (χ0) is 9.64. The Bertz CT molecular complexity index is 356. The average Bonchev–Trinajstić information content (AvgIpc) is 2.72. The summed E-state index contributed by atoms with van der Waals surface area (Å²) in [5, 5.41) is 0. The SMILES string of the molecule is c1ccc(OCCc2cocn2)cc1. The molecule has 0 saturated heterocycles. The molecule has 0 aliphatic heterocycles. The summed E-state index contributed by atoms with van der Waals surface area (Å²) in [5.74, 6) is 0.885. The van der Waals surface area contributed by atoms with Crippen LogP contribution in [0.4, 0.5) is 0 Å². The molecule has 0 aliphatic carbocycles. The van der Waals surface area contributed by atoms with Gasteiger partial charge in [-0.3, -0.25) is 0 Å². The van der Waals surface area contributed by atoms with Crippen LogP contribution in [0, 0.1) is 0 Å². The Balaban J connectivity index is 1.79. The molecule has 0 amide bonds. The smallest absolute Gasteiger partial charge is 0.180 e. The number of nitrogens with zero attached hydrogens (tertiary/aromatic N) is 1. The summed E-state index contributed by atoms with van der Waals surface area (Å²) >= 11 is 0. The lowest BCUT2D eigenvalue weighted by molar-refractivity contribution is 0.320. The summed E-state index contributed by atoms with van der Waals surface area (Å²) in [6.45, 7) is 0.622. The largest absolute Gasteiger partial charge is 0.493 e. The normalized spacial score (nSPS) is 10.0. The second kappa shape index (κ2) is 4.46. The fourth-order valence-electron chi connectivity index (χ4n) is 1.15. The number of oxazole rings is 1. The minimum absolute atomic E-state index is 0.622. The summed E-state index contributed by atoms with van der Waals surface area (Å²) in [4.78, 5) is 4.00. The molecule has 0 bridgehead atoms. The number of hydrogen-bond donors (Lipinski definition) is 0. The summed E-state index contributed by atoms with van der Waals surface area (Å²) in [6, 6.07) is 9.73.